The monoisotopic (exact) mass is 383 g/mol. The molecule has 144 valence electrons. The summed E-state index contributed by atoms with van der Waals surface area (Å²) in [6.45, 7) is 3.75. The summed E-state index contributed by atoms with van der Waals surface area (Å²) in [7, 11) is -2.25. The summed E-state index contributed by atoms with van der Waals surface area (Å²) >= 11 is 0. The molecule has 2 amide bonds. The Labute approximate surface area is 154 Å². The van der Waals surface area contributed by atoms with Crippen LogP contribution in [-0.4, -0.2) is 57.0 Å². The first-order valence-corrected chi connectivity index (χ1v) is 9.73. The number of carbonyl (C=O) groups is 3. The first-order valence-electron chi connectivity index (χ1n) is 8.29. The SMILES string of the molecule is CCNC(=O)CNC(=O)CCCN(C)S(=O)(=O)c1ccc(C(C)=O)cc1. The zero-order valence-electron chi connectivity index (χ0n) is 15.2. The van der Waals surface area contributed by atoms with Gasteiger partial charge in [-0.25, -0.2) is 12.7 Å². The molecule has 0 fully saturated rings. The van der Waals surface area contributed by atoms with Crippen molar-refractivity contribution in [2.45, 2.75) is 31.6 Å². The minimum atomic E-state index is -3.69. The van der Waals surface area contributed by atoms with Crippen molar-refractivity contribution in [1.82, 2.24) is 14.9 Å². The average Bonchev–Trinajstić information content (AvgIpc) is 2.60. The molecule has 26 heavy (non-hydrogen) atoms. The van der Waals surface area contributed by atoms with Crippen molar-refractivity contribution >= 4 is 27.6 Å². The van der Waals surface area contributed by atoms with E-state index in [4.69, 9.17) is 0 Å². The number of likely N-dealkylation sites (N-methyl/N-ethyl adjacent to an activating group) is 1. The van der Waals surface area contributed by atoms with E-state index in [1.165, 1.54) is 38.2 Å². The normalized spacial score (nSPS) is 11.2. The Morgan fingerprint density at radius 2 is 1.65 bits per heavy atom. The van der Waals surface area contributed by atoms with Crippen LogP contribution in [0.2, 0.25) is 0 Å². The summed E-state index contributed by atoms with van der Waals surface area (Å²) in [5.41, 5.74) is 0.440. The molecule has 0 unspecified atom stereocenters. The van der Waals surface area contributed by atoms with Gasteiger partial charge in [0.15, 0.2) is 5.78 Å². The van der Waals surface area contributed by atoms with Gasteiger partial charge in [0, 0.05) is 32.1 Å². The third-order valence-electron chi connectivity index (χ3n) is 3.67. The largest absolute Gasteiger partial charge is 0.355 e. The van der Waals surface area contributed by atoms with Crippen LogP contribution in [0.1, 0.15) is 37.0 Å². The molecule has 0 saturated carbocycles. The van der Waals surface area contributed by atoms with Gasteiger partial charge in [0.05, 0.1) is 11.4 Å². The molecule has 2 N–H and O–H groups in total. The van der Waals surface area contributed by atoms with E-state index in [1.807, 2.05) is 0 Å². The van der Waals surface area contributed by atoms with E-state index in [9.17, 15) is 22.8 Å². The number of nitrogens with zero attached hydrogens (tertiary/aromatic N) is 1. The highest BCUT2D eigenvalue weighted by Gasteiger charge is 2.20. The Balaban J connectivity index is 2.50. The number of rotatable bonds is 10. The maximum absolute atomic E-state index is 12.5. The molecule has 0 aliphatic rings. The van der Waals surface area contributed by atoms with Gasteiger partial charge in [-0.05, 0) is 32.4 Å². The average molecular weight is 383 g/mol. The van der Waals surface area contributed by atoms with Crippen molar-refractivity contribution in [3.05, 3.63) is 29.8 Å². The Morgan fingerprint density at radius 3 is 2.19 bits per heavy atom. The van der Waals surface area contributed by atoms with Crippen molar-refractivity contribution in [2.75, 3.05) is 26.7 Å². The van der Waals surface area contributed by atoms with Gasteiger partial charge in [0.25, 0.3) is 0 Å². The van der Waals surface area contributed by atoms with Gasteiger partial charge >= 0.3 is 0 Å². The van der Waals surface area contributed by atoms with E-state index in [0.717, 1.165) is 4.31 Å². The van der Waals surface area contributed by atoms with E-state index in [0.29, 0.717) is 18.5 Å². The summed E-state index contributed by atoms with van der Waals surface area (Å²) in [5.74, 6) is -0.719. The molecule has 0 aliphatic heterocycles. The second kappa shape index (κ2) is 10.0. The molecule has 0 heterocycles. The highest BCUT2D eigenvalue weighted by Crippen LogP contribution is 2.16. The molecule has 1 rings (SSSR count). The first-order chi connectivity index (χ1) is 12.2. The topological polar surface area (TPSA) is 113 Å². The van der Waals surface area contributed by atoms with Crippen molar-refractivity contribution in [3.8, 4) is 0 Å². The lowest BCUT2D eigenvalue weighted by Crippen LogP contribution is -2.37. The number of ketones is 1. The standard InChI is InChI=1S/C17H25N3O5S/c1-4-18-17(23)12-19-16(22)6-5-11-20(3)26(24,25)15-9-7-14(8-10-15)13(2)21/h7-10H,4-6,11-12H2,1-3H3,(H,18,23)(H,19,22). The fraction of sp³-hybridized carbons (Fsp3) is 0.471. The molecule has 1 aromatic rings. The van der Waals surface area contributed by atoms with E-state index in [2.05, 4.69) is 10.6 Å². The maximum Gasteiger partial charge on any atom is 0.242 e. The second-order valence-corrected chi connectivity index (χ2v) is 7.79. The predicted molar refractivity (Wildman–Crippen MR) is 97.2 cm³/mol. The number of nitrogens with one attached hydrogen (secondary N) is 2. The van der Waals surface area contributed by atoms with Crippen molar-refractivity contribution in [1.29, 1.82) is 0 Å². The number of hydrogen-bond acceptors (Lipinski definition) is 5. The minimum Gasteiger partial charge on any atom is -0.355 e. The van der Waals surface area contributed by atoms with Crippen molar-refractivity contribution in [3.63, 3.8) is 0 Å². The zero-order chi connectivity index (χ0) is 19.7. The van der Waals surface area contributed by atoms with Gasteiger partial charge < -0.3 is 10.6 Å². The maximum atomic E-state index is 12.5. The van der Waals surface area contributed by atoms with Crippen LogP contribution in [0.25, 0.3) is 0 Å². The van der Waals surface area contributed by atoms with Crippen LogP contribution in [0.3, 0.4) is 0 Å². The molecule has 0 saturated heterocycles. The molecular weight excluding hydrogens is 358 g/mol. The molecular formula is C17H25N3O5S. The molecule has 0 atom stereocenters. The minimum absolute atomic E-state index is 0.0886. The number of hydrogen-bond donors (Lipinski definition) is 2. The fourth-order valence-electron chi connectivity index (χ4n) is 2.15. The van der Waals surface area contributed by atoms with Gasteiger partial charge in [0.2, 0.25) is 21.8 Å². The van der Waals surface area contributed by atoms with Crippen LogP contribution in [0.5, 0.6) is 0 Å². The van der Waals surface area contributed by atoms with E-state index < -0.39 is 10.0 Å². The number of carbonyl (C=O) groups excluding carboxylic acids is 3. The Kier molecular flexibility index (Phi) is 8.40. The van der Waals surface area contributed by atoms with Gasteiger partial charge in [-0.15, -0.1) is 0 Å². The summed E-state index contributed by atoms with van der Waals surface area (Å²) in [6.07, 6.45) is 0.436. The van der Waals surface area contributed by atoms with E-state index in [1.54, 1.807) is 6.92 Å². The lowest BCUT2D eigenvalue weighted by atomic mass is 10.2. The smallest absolute Gasteiger partial charge is 0.242 e. The number of benzene rings is 1. The molecule has 0 aliphatic carbocycles. The summed E-state index contributed by atoms with van der Waals surface area (Å²) < 4.78 is 26.1. The third kappa shape index (κ3) is 6.57. The highest BCUT2D eigenvalue weighted by molar-refractivity contribution is 7.89. The molecule has 1 aromatic carbocycles. The van der Waals surface area contributed by atoms with E-state index >= 15 is 0 Å². The van der Waals surface area contributed by atoms with Crippen molar-refractivity contribution < 1.29 is 22.8 Å². The molecule has 0 radical (unpaired) electrons. The zero-order valence-corrected chi connectivity index (χ0v) is 16.1. The van der Waals surface area contributed by atoms with Gasteiger partial charge in [-0.2, -0.15) is 0 Å². The molecule has 0 aromatic heterocycles. The lowest BCUT2D eigenvalue weighted by molar-refractivity contribution is -0.126. The number of sulfonamides is 1. The van der Waals surface area contributed by atoms with Crippen molar-refractivity contribution in [2.24, 2.45) is 0 Å². The van der Waals surface area contributed by atoms with Crippen LogP contribution in [-0.2, 0) is 19.6 Å². The van der Waals surface area contributed by atoms with Crippen LogP contribution in [0.15, 0.2) is 29.2 Å². The molecule has 9 heteroatoms. The predicted octanol–water partition coefficient (Wildman–Crippen LogP) is 0.542. The van der Waals surface area contributed by atoms with Gasteiger partial charge in [-0.1, -0.05) is 12.1 Å². The summed E-state index contributed by atoms with van der Waals surface area (Å²) in [5, 5.41) is 5.04. The fourth-order valence-corrected chi connectivity index (χ4v) is 3.36. The Hall–Kier alpha value is -2.26. The first kappa shape index (κ1) is 21.8. The number of Topliss-reactive ketones (excluding diaryl/α,β-unsaturated/α-hetero) is 1. The number of amides is 2. The van der Waals surface area contributed by atoms with Gasteiger partial charge in [0.1, 0.15) is 0 Å². The van der Waals surface area contributed by atoms with Crippen LogP contribution in [0.4, 0.5) is 0 Å². The summed E-state index contributed by atoms with van der Waals surface area (Å²) in [6, 6.07) is 5.72. The Bertz CT molecular complexity index is 744. The summed E-state index contributed by atoms with van der Waals surface area (Å²) in [4.78, 5) is 34.3. The van der Waals surface area contributed by atoms with Crippen LogP contribution in [0, 0.1) is 0 Å². The van der Waals surface area contributed by atoms with Gasteiger partial charge in [-0.3, -0.25) is 14.4 Å². The van der Waals surface area contributed by atoms with E-state index in [-0.39, 0.29) is 42.0 Å². The lowest BCUT2D eigenvalue weighted by Gasteiger charge is -2.17. The quantitative estimate of drug-likeness (QED) is 0.573. The Morgan fingerprint density at radius 1 is 1.04 bits per heavy atom. The molecule has 8 nitrogen and oxygen atoms in total. The van der Waals surface area contributed by atoms with Crippen LogP contribution >= 0.6 is 0 Å². The third-order valence-corrected chi connectivity index (χ3v) is 5.54. The second-order valence-electron chi connectivity index (χ2n) is 5.74. The molecule has 0 spiro atoms. The van der Waals surface area contributed by atoms with Crippen LogP contribution < -0.4 is 10.6 Å². The molecule has 0 bridgehead atoms. The highest BCUT2D eigenvalue weighted by atomic mass is 32.2.